The predicted octanol–water partition coefficient (Wildman–Crippen LogP) is 0.0695. The van der Waals surface area contributed by atoms with Crippen LogP contribution in [0.5, 0.6) is 0 Å². The lowest BCUT2D eigenvalue weighted by molar-refractivity contribution is -0.121. The number of carbonyl (C=O) groups is 1. The van der Waals surface area contributed by atoms with Crippen molar-refractivity contribution in [1.82, 2.24) is 10.6 Å². The van der Waals surface area contributed by atoms with Crippen molar-refractivity contribution in [3.63, 3.8) is 0 Å². The molecule has 1 unspecified atom stereocenters. The highest BCUT2D eigenvalue weighted by atomic mass is 32.2. The van der Waals surface area contributed by atoms with Crippen LogP contribution in [0.2, 0.25) is 0 Å². The zero-order valence-corrected chi connectivity index (χ0v) is 11.2. The quantitative estimate of drug-likeness (QED) is 0.637. The standard InChI is InChI=1S/C11H22N2O3S/c1-2-3-6-12-7-4-11(14)13-10-5-8-17(15,16)9-10/h10,12H,2-9H2,1H3,(H,13,14). The Morgan fingerprint density at radius 3 is 2.71 bits per heavy atom. The first-order chi connectivity index (χ1) is 8.03. The lowest BCUT2D eigenvalue weighted by Crippen LogP contribution is -2.37. The van der Waals surface area contributed by atoms with E-state index in [-0.39, 0.29) is 23.5 Å². The minimum Gasteiger partial charge on any atom is -0.352 e. The van der Waals surface area contributed by atoms with Crippen LogP contribution in [0.1, 0.15) is 32.6 Å². The van der Waals surface area contributed by atoms with Crippen LogP contribution in [0, 0.1) is 0 Å². The van der Waals surface area contributed by atoms with E-state index in [1.54, 1.807) is 0 Å². The molecule has 1 aliphatic heterocycles. The minimum atomic E-state index is -2.90. The Morgan fingerprint density at radius 2 is 2.12 bits per heavy atom. The predicted molar refractivity (Wildman–Crippen MR) is 67.6 cm³/mol. The van der Waals surface area contributed by atoms with Gasteiger partial charge in [0.15, 0.2) is 9.84 Å². The fourth-order valence-electron chi connectivity index (χ4n) is 1.84. The van der Waals surface area contributed by atoms with Gasteiger partial charge in [-0.2, -0.15) is 0 Å². The molecule has 1 rings (SSSR count). The van der Waals surface area contributed by atoms with Crippen molar-refractivity contribution in [3.8, 4) is 0 Å². The van der Waals surface area contributed by atoms with Gasteiger partial charge in [-0.1, -0.05) is 13.3 Å². The molecule has 1 fully saturated rings. The minimum absolute atomic E-state index is 0.0592. The third kappa shape index (κ3) is 6.02. The number of hydrogen-bond donors (Lipinski definition) is 2. The summed E-state index contributed by atoms with van der Waals surface area (Å²) in [7, 11) is -2.90. The van der Waals surface area contributed by atoms with E-state index in [0.717, 1.165) is 19.4 Å². The highest BCUT2D eigenvalue weighted by molar-refractivity contribution is 7.91. The summed E-state index contributed by atoms with van der Waals surface area (Å²) in [6, 6.07) is -0.178. The van der Waals surface area contributed by atoms with Gasteiger partial charge in [-0.15, -0.1) is 0 Å². The maximum absolute atomic E-state index is 11.5. The number of carbonyl (C=O) groups excluding carboxylic acids is 1. The van der Waals surface area contributed by atoms with E-state index >= 15 is 0 Å². The second-order valence-electron chi connectivity index (χ2n) is 4.52. The summed E-state index contributed by atoms with van der Waals surface area (Å²) in [5.41, 5.74) is 0. The summed E-state index contributed by atoms with van der Waals surface area (Å²) in [5, 5.41) is 5.95. The molecule has 1 saturated heterocycles. The molecule has 0 aromatic heterocycles. The van der Waals surface area contributed by atoms with Crippen molar-refractivity contribution in [3.05, 3.63) is 0 Å². The molecule has 0 aromatic carbocycles. The van der Waals surface area contributed by atoms with Crippen LogP contribution in [0.25, 0.3) is 0 Å². The van der Waals surface area contributed by atoms with Gasteiger partial charge in [0.05, 0.1) is 11.5 Å². The number of nitrogens with one attached hydrogen (secondary N) is 2. The Hall–Kier alpha value is -0.620. The van der Waals surface area contributed by atoms with E-state index in [2.05, 4.69) is 17.6 Å². The first-order valence-electron chi connectivity index (χ1n) is 6.24. The third-order valence-corrected chi connectivity index (χ3v) is 4.60. The highest BCUT2D eigenvalue weighted by Gasteiger charge is 2.28. The maximum atomic E-state index is 11.5. The summed E-state index contributed by atoms with van der Waals surface area (Å²) in [4.78, 5) is 11.5. The maximum Gasteiger partial charge on any atom is 0.221 e. The second kappa shape index (κ2) is 6.96. The average Bonchev–Trinajstić information content (AvgIpc) is 2.57. The van der Waals surface area contributed by atoms with Crippen LogP contribution in [-0.4, -0.2) is 45.0 Å². The molecular weight excluding hydrogens is 240 g/mol. The summed E-state index contributed by atoms with van der Waals surface area (Å²) in [6.07, 6.45) is 3.22. The van der Waals surface area contributed by atoms with E-state index in [4.69, 9.17) is 0 Å². The van der Waals surface area contributed by atoms with Gasteiger partial charge in [-0.05, 0) is 19.4 Å². The summed E-state index contributed by atoms with van der Waals surface area (Å²) in [5.74, 6) is 0.241. The highest BCUT2D eigenvalue weighted by Crippen LogP contribution is 2.11. The Kier molecular flexibility index (Phi) is 5.91. The fraction of sp³-hybridized carbons (Fsp3) is 0.909. The lowest BCUT2D eigenvalue weighted by atomic mass is 10.2. The van der Waals surface area contributed by atoms with Crippen LogP contribution in [-0.2, 0) is 14.6 Å². The molecule has 100 valence electrons. The number of amides is 1. The van der Waals surface area contributed by atoms with Crippen molar-refractivity contribution < 1.29 is 13.2 Å². The van der Waals surface area contributed by atoms with Crippen molar-refractivity contribution in [1.29, 1.82) is 0 Å². The molecule has 6 heteroatoms. The molecule has 1 atom stereocenters. The zero-order valence-electron chi connectivity index (χ0n) is 10.4. The largest absolute Gasteiger partial charge is 0.352 e. The first-order valence-corrected chi connectivity index (χ1v) is 8.06. The average molecular weight is 262 g/mol. The molecule has 0 radical (unpaired) electrons. The number of rotatable bonds is 7. The summed E-state index contributed by atoms with van der Waals surface area (Å²) in [6.45, 7) is 3.71. The monoisotopic (exact) mass is 262 g/mol. The van der Waals surface area contributed by atoms with Crippen molar-refractivity contribution in [2.45, 2.75) is 38.6 Å². The molecule has 5 nitrogen and oxygen atoms in total. The van der Waals surface area contributed by atoms with Gasteiger partial charge < -0.3 is 10.6 Å². The molecule has 1 heterocycles. The van der Waals surface area contributed by atoms with Crippen LogP contribution in [0.15, 0.2) is 0 Å². The Balaban J connectivity index is 2.09. The fourth-order valence-corrected chi connectivity index (χ4v) is 3.51. The van der Waals surface area contributed by atoms with Gasteiger partial charge in [-0.3, -0.25) is 4.79 Å². The van der Waals surface area contributed by atoms with E-state index in [9.17, 15) is 13.2 Å². The topological polar surface area (TPSA) is 75.3 Å². The van der Waals surface area contributed by atoms with Gasteiger partial charge in [0.2, 0.25) is 5.91 Å². The SMILES string of the molecule is CCCCNCCC(=O)NC1CCS(=O)(=O)C1. The Morgan fingerprint density at radius 1 is 1.35 bits per heavy atom. The zero-order chi connectivity index (χ0) is 12.7. The molecule has 0 spiro atoms. The van der Waals surface area contributed by atoms with Crippen LogP contribution in [0.4, 0.5) is 0 Å². The summed E-state index contributed by atoms with van der Waals surface area (Å²) >= 11 is 0. The van der Waals surface area contributed by atoms with E-state index < -0.39 is 9.84 Å². The van der Waals surface area contributed by atoms with E-state index in [0.29, 0.717) is 19.4 Å². The number of hydrogen-bond acceptors (Lipinski definition) is 4. The Bertz CT molecular complexity index is 341. The van der Waals surface area contributed by atoms with E-state index in [1.165, 1.54) is 0 Å². The number of unbranched alkanes of at least 4 members (excludes halogenated alkanes) is 1. The molecule has 0 aromatic rings. The molecule has 0 aliphatic carbocycles. The van der Waals surface area contributed by atoms with Crippen LogP contribution >= 0.6 is 0 Å². The molecular formula is C11H22N2O3S. The molecule has 1 aliphatic rings. The molecule has 1 amide bonds. The van der Waals surface area contributed by atoms with Crippen LogP contribution < -0.4 is 10.6 Å². The smallest absolute Gasteiger partial charge is 0.221 e. The van der Waals surface area contributed by atoms with Crippen LogP contribution in [0.3, 0.4) is 0 Å². The molecule has 17 heavy (non-hydrogen) atoms. The van der Waals surface area contributed by atoms with Gasteiger partial charge in [0.1, 0.15) is 0 Å². The Labute approximate surface area is 103 Å². The third-order valence-electron chi connectivity index (χ3n) is 2.83. The van der Waals surface area contributed by atoms with Crippen molar-refractivity contribution in [2.24, 2.45) is 0 Å². The normalized spacial score (nSPS) is 22.5. The van der Waals surface area contributed by atoms with E-state index in [1.807, 2.05) is 0 Å². The van der Waals surface area contributed by atoms with Gasteiger partial charge in [-0.25, -0.2) is 8.42 Å². The van der Waals surface area contributed by atoms with Gasteiger partial charge >= 0.3 is 0 Å². The van der Waals surface area contributed by atoms with Gasteiger partial charge in [0.25, 0.3) is 0 Å². The second-order valence-corrected chi connectivity index (χ2v) is 6.75. The van der Waals surface area contributed by atoms with Gasteiger partial charge in [0, 0.05) is 19.0 Å². The molecule has 0 saturated carbocycles. The van der Waals surface area contributed by atoms with Crippen molar-refractivity contribution in [2.75, 3.05) is 24.6 Å². The van der Waals surface area contributed by atoms with Crippen molar-refractivity contribution >= 4 is 15.7 Å². The lowest BCUT2D eigenvalue weighted by Gasteiger charge is -2.10. The molecule has 2 N–H and O–H groups in total. The summed E-state index contributed by atoms with van der Waals surface area (Å²) < 4.78 is 22.4. The molecule has 0 bridgehead atoms. The number of sulfone groups is 1. The first kappa shape index (κ1) is 14.4.